The highest BCUT2D eigenvalue weighted by molar-refractivity contribution is 5.55. The molecule has 0 heterocycles. The molecule has 0 amide bonds. The molecular formula is C25H31NO2. The third kappa shape index (κ3) is 6.99. The minimum atomic E-state index is 0.696. The van der Waals surface area contributed by atoms with Gasteiger partial charge < -0.3 is 15.2 Å². The van der Waals surface area contributed by atoms with E-state index in [1.165, 1.54) is 5.57 Å². The fourth-order valence-corrected chi connectivity index (χ4v) is 2.57. The molecular weight excluding hydrogens is 346 g/mol. The number of allylic oxidation sites excluding steroid dienone is 4. The second kappa shape index (κ2) is 11.0. The van der Waals surface area contributed by atoms with E-state index in [4.69, 9.17) is 15.2 Å². The normalized spacial score (nSPS) is 12.4. The van der Waals surface area contributed by atoms with Gasteiger partial charge in [-0.3, -0.25) is 0 Å². The minimum absolute atomic E-state index is 0.696. The Morgan fingerprint density at radius 3 is 2.46 bits per heavy atom. The summed E-state index contributed by atoms with van der Waals surface area (Å²) in [6, 6.07) is 13.7. The minimum Gasteiger partial charge on any atom is -0.493 e. The molecule has 2 N–H and O–H groups in total. The van der Waals surface area contributed by atoms with Crippen LogP contribution in [0.3, 0.4) is 0 Å². The van der Waals surface area contributed by atoms with Crippen molar-refractivity contribution in [3.05, 3.63) is 83.2 Å². The molecule has 2 aromatic rings. The van der Waals surface area contributed by atoms with E-state index in [0.29, 0.717) is 6.61 Å². The summed E-state index contributed by atoms with van der Waals surface area (Å²) in [5.74, 6) is 2.41. The Kier molecular flexibility index (Phi) is 8.41. The molecule has 2 rings (SSSR count). The second-order valence-electron chi connectivity index (χ2n) is 6.81. The number of nitrogens with two attached hydrogens (primary N) is 1. The Morgan fingerprint density at radius 1 is 1.04 bits per heavy atom. The number of hydrogen-bond acceptors (Lipinski definition) is 3. The Balaban J connectivity index is 1.99. The first-order valence-corrected chi connectivity index (χ1v) is 9.75. The third-order valence-corrected chi connectivity index (χ3v) is 4.53. The van der Waals surface area contributed by atoms with Gasteiger partial charge in [-0.05, 0) is 82.0 Å². The van der Waals surface area contributed by atoms with Crippen LogP contribution in [0.1, 0.15) is 44.7 Å². The standard InChI is InChI=1S/C25H31NO2/c1-5-19(3)8-7-17-27-24-15-9-20(4)25(18-24)28-23(6-2)16-12-21-10-13-22(26)14-11-21/h5-6,9-16,18H,7-8,17,26H2,1-4H3/b16-12+,19-5+,23-6-. The van der Waals surface area contributed by atoms with Crippen molar-refractivity contribution in [2.75, 3.05) is 12.3 Å². The maximum Gasteiger partial charge on any atom is 0.134 e. The summed E-state index contributed by atoms with van der Waals surface area (Å²) in [5, 5.41) is 0. The lowest BCUT2D eigenvalue weighted by Crippen LogP contribution is -1.99. The van der Waals surface area contributed by atoms with Crippen molar-refractivity contribution in [2.45, 2.75) is 40.5 Å². The first-order chi connectivity index (χ1) is 13.5. The van der Waals surface area contributed by atoms with E-state index in [1.54, 1.807) is 0 Å². The molecule has 0 aromatic heterocycles. The van der Waals surface area contributed by atoms with Crippen LogP contribution in [0.25, 0.3) is 6.08 Å². The number of benzene rings is 2. The van der Waals surface area contributed by atoms with Crippen molar-refractivity contribution in [1.82, 2.24) is 0 Å². The molecule has 0 spiro atoms. The number of rotatable bonds is 9. The van der Waals surface area contributed by atoms with Gasteiger partial charge in [-0.2, -0.15) is 0 Å². The predicted octanol–water partition coefficient (Wildman–Crippen LogP) is 6.70. The smallest absolute Gasteiger partial charge is 0.134 e. The SMILES string of the molecule is C/C=C(/C=C/c1ccc(N)cc1)Oc1cc(OCCC/C(C)=C/C)ccc1C. The third-order valence-electron chi connectivity index (χ3n) is 4.53. The van der Waals surface area contributed by atoms with Crippen molar-refractivity contribution in [3.8, 4) is 11.5 Å². The van der Waals surface area contributed by atoms with Gasteiger partial charge in [0.15, 0.2) is 0 Å². The lowest BCUT2D eigenvalue weighted by molar-refractivity contribution is 0.309. The van der Waals surface area contributed by atoms with Gasteiger partial charge in [-0.1, -0.05) is 35.9 Å². The van der Waals surface area contributed by atoms with Gasteiger partial charge >= 0.3 is 0 Å². The zero-order valence-electron chi connectivity index (χ0n) is 17.4. The maximum atomic E-state index is 6.10. The number of ether oxygens (including phenoxy) is 2. The van der Waals surface area contributed by atoms with Gasteiger partial charge in [0.05, 0.1) is 6.61 Å². The van der Waals surface area contributed by atoms with Crippen LogP contribution in [0.15, 0.2) is 72.0 Å². The van der Waals surface area contributed by atoms with E-state index in [9.17, 15) is 0 Å². The summed E-state index contributed by atoms with van der Waals surface area (Å²) in [4.78, 5) is 0. The lowest BCUT2D eigenvalue weighted by atomic mass is 10.1. The zero-order valence-corrected chi connectivity index (χ0v) is 17.4. The Labute approximate surface area is 169 Å². The van der Waals surface area contributed by atoms with Crippen molar-refractivity contribution in [3.63, 3.8) is 0 Å². The van der Waals surface area contributed by atoms with Crippen LogP contribution in [-0.4, -0.2) is 6.61 Å². The maximum absolute atomic E-state index is 6.10. The zero-order chi connectivity index (χ0) is 20.4. The Hall–Kier alpha value is -2.94. The molecule has 0 atom stereocenters. The Bertz CT molecular complexity index is 845. The van der Waals surface area contributed by atoms with Crippen LogP contribution in [0.4, 0.5) is 5.69 Å². The van der Waals surface area contributed by atoms with Gasteiger partial charge in [0.1, 0.15) is 17.3 Å². The summed E-state index contributed by atoms with van der Waals surface area (Å²) < 4.78 is 12.0. The van der Waals surface area contributed by atoms with Crippen molar-refractivity contribution < 1.29 is 9.47 Å². The number of anilines is 1. The molecule has 3 nitrogen and oxygen atoms in total. The molecule has 0 unspecified atom stereocenters. The molecule has 0 bridgehead atoms. The Morgan fingerprint density at radius 2 is 1.79 bits per heavy atom. The molecule has 0 aliphatic carbocycles. The quantitative estimate of drug-likeness (QED) is 0.174. The summed E-state index contributed by atoms with van der Waals surface area (Å²) in [7, 11) is 0. The first-order valence-electron chi connectivity index (χ1n) is 9.75. The number of hydrogen-bond donors (Lipinski definition) is 1. The van der Waals surface area contributed by atoms with Crippen LogP contribution in [-0.2, 0) is 0 Å². The highest BCUT2D eigenvalue weighted by Gasteiger charge is 2.05. The monoisotopic (exact) mass is 377 g/mol. The molecule has 0 radical (unpaired) electrons. The van der Waals surface area contributed by atoms with E-state index < -0.39 is 0 Å². The van der Waals surface area contributed by atoms with E-state index in [-0.39, 0.29) is 0 Å². The first kappa shape index (κ1) is 21.4. The summed E-state index contributed by atoms with van der Waals surface area (Å²) in [5.41, 5.74) is 10.0. The molecule has 3 heteroatoms. The summed E-state index contributed by atoms with van der Waals surface area (Å²) in [6.07, 6.45) is 10.1. The van der Waals surface area contributed by atoms with E-state index >= 15 is 0 Å². The van der Waals surface area contributed by atoms with Crippen molar-refractivity contribution in [1.29, 1.82) is 0 Å². The number of aryl methyl sites for hydroxylation is 1. The predicted molar refractivity (Wildman–Crippen MR) is 120 cm³/mol. The molecule has 0 aliphatic rings. The average molecular weight is 378 g/mol. The molecule has 2 aromatic carbocycles. The van der Waals surface area contributed by atoms with Crippen LogP contribution >= 0.6 is 0 Å². The van der Waals surface area contributed by atoms with Gasteiger partial charge in [0, 0.05) is 11.8 Å². The topological polar surface area (TPSA) is 44.5 Å². The fraction of sp³-hybridized carbons (Fsp3) is 0.280. The molecule has 0 saturated carbocycles. The number of nitrogen functional groups attached to an aromatic ring is 1. The highest BCUT2D eigenvalue weighted by Crippen LogP contribution is 2.26. The molecule has 0 aliphatic heterocycles. The molecule has 0 saturated heterocycles. The van der Waals surface area contributed by atoms with Gasteiger partial charge in [0.25, 0.3) is 0 Å². The van der Waals surface area contributed by atoms with Gasteiger partial charge in [-0.25, -0.2) is 0 Å². The van der Waals surface area contributed by atoms with Crippen LogP contribution < -0.4 is 15.2 Å². The lowest BCUT2D eigenvalue weighted by Gasteiger charge is -2.12. The van der Waals surface area contributed by atoms with Crippen LogP contribution in [0.2, 0.25) is 0 Å². The fourth-order valence-electron chi connectivity index (χ4n) is 2.57. The highest BCUT2D eigenvalue weighted by atomic mass is 16.5. The van der Waals surface area contributed by atoms with Crippen molar-refractivity contribution >= 4 is 11.8 Å². The van der Waals surface area contributed by atoms with Crippen LogP contribution in [0, 0.1) is 6.92 Å². The molecule has 28 heavy (non-hydrogen) atoms. The van der Waals surface area contributed by atoms with E-state index in [2.05, 4.69) is 19.9 Å². The van der Waals surface area contributed by atoms with Crippen LogP contribution in [0.5, 0.6) is 11.5 Å². The summed E-state index contributed by atoms with van der Waals surface area (Å²) >= 11 is 0. The van der Waals surface area contributed by atoms with E-state index in [0.717, 1.165) is 46.9 Å². The van der Waals surface area contributed by atoms with E-state index in [1.807, 2.05) is 74.5 Å². The largest absolute Gasteiger partial charge is 0.493 e. The van der Waals surface area contributed by atoms with Gasteiger partial charge in [0.2, 0.25) is 0 Å². The molecule has 0 fully saturated rings. The molecule has 148 valence electrons. The van der Waals surface area contributed by atoms with Gasteiger partial charge in [-0.15, -0.1) is 0 Å². The average Bonchev–Trinajstić information content (AvgIpc) is 2.71. The second-order valence-corrected chi connectivity index (χ2v) is 6.81. The summed E-state index contributed by atoms with van der Waals surface area (Å²) in [6.45, 7) is 8.91. The van der Waals surface area contributed by atoms with Crippen molar-refractivity contribution in [2.24, 2.45) is 0 Å².